The highest BCUT2D eigenvalue weighted by molar-refractivity contribution is 7.89. The van der Waals surface area contributed by atoms with Crippen molar-refractivity contribution < 1.29 is 12.9 Å². The molecule has 9 heteroatoms. The first kappa shape index (κ1) is 20.2. The van der Waals surface area contributed by atoms with Crippen LogP contribution >= 0.6 is 0 Å². The topological polar surface area (TPSA) is 94.1 Å². The Bertz CT molecular complexity index is 1050. The number of aromatic nitrogens is 4. The largest absolute Gasteiger partial charge is 0.339 e. The molecular formula is C19H25N5O3S. The summed E-state index contributed by atoms with van der Waals surface area (Å²) in [5.74, 6) is 0.881. The Morgan fingerprint density at radius 3 is 2.50 bits per heavy atom. The van der Waals surface area contributed by atoms with Crippen LogP contribution < -0.4 is 0 Å². The molecule has 0 spiro atoms. The zero-order chi connectivity index (χ0) is 20.5. The van der Waals surface area contributed by atoms with E-state index >= 15 is 0 Å². The number of likely N-dealkylation sites (N-methyl/N-ethyl adjacent to an activating group) is 1. The van der Waals surface area contributed by atoms with Gasteiger partial charge in [-0.3, -0.25) is 4.68 Å². The summed E-state index contributed by atoms with van der Waals surface area (Å²) in [6.07, 6.45) is 1.87. The normalized spacial score (nSPS) is 12.6. The molecule has 8 nitrogen and oxygen atoms in total. The third kappa shape index (κ3) is 4.15. The van der Waals surface area contributed by atoms with Crippen molar-refractivity contribution in [1.82, 2.24) is 24.2 Å². The van der Waals surface area contributed by atoms with E-state index in [4.69, 9.17) is 4.52 Å². The summed E-state index contributed by atoms with van der Waals surface area (Å²) in [7, 11) is -0.422. The lowest BCUT2D eigenvalue weighted by atomic mass is 9.92. The van der Waals surface area contributed by atoms with Gasteiger partial charge < -0.3 is 4.52 Å². The molecule has 3 rings (SSSR count). The molecule has 2 heterocycles. The number of hydrogen-bond acceptors (Lipinski definition) is 6. The lowest BCUT2D eigenvalue weighted by Gasteiger charge is -2.20. The molecule has 0 radical (unpaired) electrons. The van der Waals surface area contributed by atoms with Crippen LogP contribution in [0, 0.1) is 0 Å². The van der Waals surface area contributed by atoms with E-state index in [-0.39, 0.29) is 16.9 Å². The average molecular weight is 404 g/mol. The van der Waals surface area contributed by atoms with Crippen molar-refractivity contribution in [2.45, 2.75) is 37.5 Å². The van der Waals surface area contributed by atoms with Crippen LogP contribution in [0.25, 0.3) is 11.4 Å². The standard InChI is InChI=1S/C19H25N5O3S/c1-19(2,3)17-15(13-23(4)21-17)28(25,26)24(5)12-11-16-20-18(22-27-16)14-9-7-6-8-10-14/h6-10,13H,11-12H2,1-5H3. The molecule has 0 aliphatic rings. The highest BCUT2D eigenvalue weighted by Crippen LogP contribution is 2.29. The van der Waals surface area contributed by atoms with Gasteiger partial charge >= 0.3 is 0 Å². The van der Waals surface area contributed by atoms with Gasteiger partial charge in [-0.2, -0.15) is 10.1 Å². The van der Waals surface area contributed by atoms with Gasteiger partial charge in [-0.15, -0.1) is 0 Å². The molecular weight excluding hydrogens is 378 g/mol. The fourth-order valence-electron chi connectivity index (χ4n) is 2.78. The van der Waals surface area contributed by atoms with Crippen molar-refractivity contribution in [3.63, 3.8) is 0 Å². The predicted octanol–water partition coefficient (Wildman–Crippen LogP) is 2.63. The molecule has 0 atom stereocenters. The smallest absolute Gasteiger partial charge is 0.246 e. The molecule has 0 bridgehead atoms. The molecule has 150 valence electrons. The fraction of sp³-hybridized carbons (Fsp3) is 0.421. The van der Waals surface area contributed by atoms with Crippen LogP contribution in [0.15, 0.2) is 45.9 Å². The second-order valence-corrected chi connectivity index (χ2v) is 9.73. The first-order chi connectivity index (χ1) is 13.1. The fourth-order valence-corrected chi connectivity index (χ4v) is 4.32. The number of sulfonamides is 1. The summed E-state index contributed by atoms with van der Waals surface area (Å²) in [5, 5.41) is 8.32. The number of aryl methyl sites for hydroxylation is 1. The summed E-state index contributed by atoms with van der Waals surface area (Å²) >= 11 is 0. The maximum absolute atomic E-state index is 13.1. The Morgan fingerprint density at radius 2 is 1.86 bits per heavy atom. The molecule has 0 aliphatic heterocycles. The Balaban J connectivity index is 1.75. The number of benzene rings is 1. The van der Waals surface area contributed by atoms with E-state index in [9.17, 15) is 8.42 Å². The molecule has 0 unspecified atom stereocenters. The highest BCUT2D eigenvalue weighted by atomic mass is 32.2. The summed E-state index contributed by atoms with van der Waals surface area (Å²) in [6.45, 7) is 6.05. The Labute approximate surface area is 165 Å². The van der Waals surface area contributed by atoms with E-state index in [1.54, 1.807) is 20.3 Å². The Kier molecular flexibility index (Phi) is 5.40. The van der Waals surface area contributed by atoms with Gasteiger partial charge in [0.25, 0.3) is 0 Å². The van der Waals surface area contributed by atoms with Crippen LogP contribution in [0.3, 0.4) is 0 Å². The van der Waals surface area contributed by atoms with Crippen molar-refractivity contribution in [3.8, 4) is 11.4 Å². The maximum Gasteiger partial charge on any atom is 0.246 e. The third-order valence-corrected chi connectivity index (χ3v) is 6.19. The quantitative estimate of drug-likeness (QED) is 0.628. The zero-order valence-electron chi connectivity index (χ0n) is 16.7. The first-order valence-electron chi connectivity index (χ1n) is 8.97. The van der Waals surface area contributed by atoms with Gasteiger partial charge in [0.2, 0.25) is 21.7 Å². The molecule has 0 N–H and O–H groups in total. The molecule has 28 heavy (non-hydrogen) atoms. The van der Waals surface area contributed by atoms with Crippen molar-refractivity contribution in [1.29, 1.82) is 0 Å². The minimum Gasteiger partial charge on any atom is -0.339 e. The van der Waals surface area contributed by atoms with Crippen LogP contribution in [0.4, 0.5) is 0 Å². The molecule has 3 aromatic rings. The zero-order valence-corrected chi connectivity index (χ0v) is 17.6. The molecule has 0 aliphatic carbocycles. The van der Waals surface area contributed by atoms with Gasteiger partial charge in [-0.25, -0.2) is 12.7 Å². The van der Waals surface area contributed by atoms with Crippen LogP contribution in [0.2, 0.25) is 0 Å². The SMILES string of the molecule is CN(CCc1nc(-c2ccccc2)no1)S(=O)(=O)c1cn(C)nc1C(C)(C)C. The van der Waals surface area contributed by atoms with Gasteiger partial charge in [0.15, 0.2) is 0 Å². The molecule has 0 amide bonds. The van der Waals surface area contributed by atoms with E-state index in [0.717, 1.165) is 5.56 Å². The number of rotatable bonds is 6. The van der Waals surface area contributed by atoms with Gasteiger partial charge in [0, 0.05) is 44.2 Å². The van der Waals surface area contributed by atoms with Crippen LogP contribution in [-0.4, -0.2) is 46.2 Å². The lowest BCUT2D eigenvalue weighted by Crippen LogP contribution is -2.30. The van der Waals surface area contributed by atoms with Gasteiger partial charge in [-0.1, -0.05) is 56.3 Å². The lowest BCUT2D eigenvalue weighted by molar-refractivity contribution is 0.364. The van der Waals surface area contributed by atoms with Crippen LogP contribution in [0.1, 0.15) is 32.4 Å². The summed E-state index contributed by atoms with van der Waals surface area (Å²) in [4.78, 5) is 4.58. The van der Waals surface area contributed by atoms with E-state index in [1.165, 1.54) is 8.99 Å². The molecule has 0 fully saturated rings. The van der Waals surface area contributed by atoms with Crippen molar-refractivity contribution in [2.24, 2.45) is 7.05 Å². The number of nitrogens with zero attached hydrogens (tertiary/aromatic N) is 5. The molecule has 1 aromatic carbocycles. The second-order valence-electron chi connectivity index (χ2n) is 7.72. The summed E-state index contributed by atoms with van der Waals surface area (Å²) < 4.78 is 34.2. The van der Waals surface area contributed by atoms with E-state index in [1.807, 2.05) is 51.1 Å². The Morgan fingerprint density at radius 1 is 1.18 bits per heavy atom. The number of hydrogen-bond donors (Lipinski definition) is 0. The molecule has 0 saturated heterocycles. The summed E-state index contributed by atoms with van der Waals surface area (Å²) in [6, 6.07) is 9.48. The minimum atomic E-state index is -3.69. The third-order valence-electron chi connectivity index (χ3n) is 4.33. The highest BCUT2D eigenvalue weighted by Gasteiger charge is 2.32. The van der Waals surface area contributed by atoms with Crippen LogP contribution in [0.5, 0.6) is 0 Å². The van der Waals surface area contributed by atoms with Crippen molar-refractivity contribution in [2.75, 3.05) is 13.6 Å². The maximum atomic E-state index is 13.1. The van der Waals surface area contributed by atoms with E-state index in [2.05, 4.69) is 15.2 Å². The van der Waals surface area contributed by atoms with Crippen molar-refractivity contribution in [3.05, 3.63) is 48.1 Å². The molecule has 0 saturated carbocycles. The average Bonchev–Trinajstić information content (AvgIpc) is 3.27. The van der Waals surface area contributed by atoms with Gasteiger partial charge in [0.05, 0.1) is 5.69 Å². The Hall–Kier alpha value is -2.52. The second kappa shape index (κ2) is 7.48. The molecule has 2 aromatic heterocycles. The predicted molar refractivity (Wildman–Crippen MR) is 105 cm³/mol. The monoisotopic (exact) mass is 403 g/mol. The van der Waals surface area contributed by atoms with Gasteiger partial charge in [0.1, 0.15) is 4.90 Å². The van der Waals surface area contributed by atoms with Gasteiger partial charge in [-0.05, 0) is 0 Å². The summed E-state index contributed by atoms with van der Waals surface area (Å²) in [5.41, 5.74) is 1.01. The van der Waals surface area contributed by atoms with E-state index in [0.29, 0.717) is 23.8 Å². The minimum absolute atomic E-state index is 0.219. The first-order valence-corrected chi connectivity index (χ1v) is 10.4. The van der Waals surface area contributed by atoms with Crippen LogP contribution in [-0.2, 0) is 28.9 Å². The van der Waals surface area contributed by atoms with E-state index < -0.39 is 10.0 Å². The van der Waals surface area contributed by atoms with Crippen molar-refractivity contribution >= 4 is 10.0 Å².